The molecule has 0 bridgehead atoms. The van der Waals surface area contributed by atoms with Crippen molar-refractivity contribution in [2.24, 2.45) is 0 Å². The van der Waals surface area contributed by atoms with Crippen molar-refractivity contribution in [3.63, 3.8) is 0 Å². The number of likely N-dealkylation sites (tertiary alicyclic amines) is 1. The standard InChI is InChI=1S/C22H20N4O2S/c1-13(27)26-7-4-14(5-8-26)15-2-3-18-17(10-15)22(28)25-21(24-18)19-11-16-6-9-29-20(16)12-23-19/h2-3,6,9-12,14H,4-5,7-8H2,1H3,(H,24,25,28). The van der Waals surface area contributed by atoms with Gasteiger partial charge >= 0.3 is 0 Å². The van der Waals surface area contributed by atoms with E-state index < -0.39 is 0 Å². The highest BCUT2D eigenvalue weighted by atomic mass is 32.1. The zero-order valence-corrected chi connectivity index (χ0v) is 16.8. The number of nitrogens with one attached hydrogen (secondary N) is 1. The van der Waals surface area contributed by atoms with Gasteiger partial charge < -0.3 is 9.88 Å². The molecule has 0 unspecified atom stereocenters. The lowest BCUT2D eigenvalue weighted by Gasteiger charge is -2.31. The lowest BCUT2D eigenvalue weighted by Crippen LogP contribution is -2.36. The summed E-state index contributed by atoms with van der Waals surface area (Å²) in [5.41, 5.74) is 2.32. The molecule has 0 radical (unpaired) electrons. The smallest absolute Gasteiger partial charge is 0.259 e. The van der Waals surface area contributed by atoms with Crippen LogP contribution >= 0.6 is 11.3 Å². The number of pyridine rings is 1. The molecule has 0 aliphatic carbocycles. The first-order valence-electron chi connectivity index (χ1n) is 9.71. The summed E-state index contributed by atoms with van der Waals surface area (Å²) in [6, 6.07) is 9.92. The van der Waals surface area contributed by atoms with Crippen LogP contribution in [0.4, 0.5) is 0 Å². The van der Waals surface area contributed by atoms with E-state index in [1.165, 1.54) is 0 Å². The van der Waals surface area contributed by atoms with E-state index in [0.29, 0.717) is 28.3 Å². The van der Waals surface area contributed by atoms with E-state index >= 15 is 0 Å². The first-order chi connectivity index (χ1) is 14.1. The summed E-state index contributed by atoms with van der Waals surface area (Å²) in [5.74, 6) is 0.972. The Bertz CT molecular complexity index is 1280. The molecule has 1 amide bonds. The molecule has 1 saturated heterocycles. The second kappa shape index (κ2) is 7.08. The number of nitrogens with zero attached hydrogens (tertiary/aromatic N) is 3. The van der Waals surface area contributed by atoms with Gasteiger partial charge in [0.25, 0.3) is 5.56 Å². The summed E-state index contributed by atoms with van der Waals surface area (Å²) in [5, 5.41) is 3.71. The highest BCUT2D eigenvalue weighted by molar-refractivity contribution is 7.17. The van der Waals surface area contributed by atoms with Gasteiger partial charge in [-0.2, -0.15) is 0 Å². The molecule has 1 aromatic carbocycles. The van der Waals surface area contributed by atoms with E-state index in [4.69, 9.17) is 0 Å². The highest BCUT2D eigenvalue weighted by Crippen LogP contribution is 2.30. The molecule has 6 nitrogen and oxygen atoms in total. The quantitative estimate of drug-likeness (QED) is 0.549. The Balaban J connectivity index is 1.48. The molecule has 3 aromatic heterocycles. The van der Waals surface area contributed by atoms with Gasteiger partial charge in [0.15, 0.2) is 5.82 Å². The third-order valence-corrected chi connectivity index (χ3v) is 6.59. The molecule has 7 heteroatoms. The number of hydrogen-bond acceptors (Lipinski definition) is 5. The number of aromatic nitrogens is 3. The predicted molar refractivity (Wildman–Crippen MR) is 115 cm³/mol. The number of carbonyl (C=O) groups is 1. The lowest BCUT2D eigenvalue weighted by molar-refractivity contribution is -0.129. The van der Waals surface area contributed by atoms with Crippen molar-refractivity contribution in [2.45, 2.75) is 25.7 Å². The van der Waals surface area contributed by atoms with Crippen LogP contribution in [0, 0.1) is 0 Å². The van der Waals surface area contributed by atoms with Crippen LogP contribution in [0.5, 0.6) is 0 Å². The van der Waals surface area contributed by atoms with E-state index in [2.05, 4.69) is 21.0 Å². The third-order valence-electron chi connectivity index (χ3n) is 5.72. The highest BCUT2D eigenvalue weighted by Gasteiger charge is 2.22. The minimum absolute atomic E-state index is 0.129. The van der Waals surface area contributed by atoms with E-state index in [-0.39, 0.29) is 11.5 Å². The van der Waals surface area contributed by atoms with Gasteiger partial charge in [-0.3, -0.25) is 14.6 Å². The molecule has 5 rings (SSSR count). The van der Waals surface area contributed by atoms with Crippen LogP contribution < -0.4 is 5.56 Å². The Morgan fingerprint density at radius 1 is 1.21 bits per heavy atom. The molecule has 0 spiro atoms. The zero-order chi connectivity index (χ0) is 20.0. The van der Waals surface area contributed by atoms with Crippen molar-refractivity contribution in [3.8, 4) is 11.5 Å². The second-order valence-electron chi connectivity index (χ2n) is 7.50. The number of rotatable bonds is 2. The largest absolute Gasteiger partial charge is 0.343 e. The summed E-state index contributed by atoms with van der Waals surface area (Å²) >= 11 is 1.64. The average molecular weight is 404 g/mol. The van der Waals surface area contributed by atoms with Gasteiger partial charge in [-0.15, -0.1) is 11.3 Å². The van der Waals surface area contributed by atoms with Gasteiger partial charge in [0.1, 0.15) is 5.69 Å². The number of benzene rings is 1. The molecule has 29 heavy (non-hydrogen) atoms. The maximum Gasteiger partial charge on any atom is 0.259 e. The summed E-state index contributed by atoms with van der Waals surface area (Å²) in [4.78, 5) is 38.2. The van der Waals surface area contributed by atoms with Gasteiger partial charge in [0.2, 0.25) is 5.91 Å². The predicted octanol–water partition coefficient (Wildman–Crippen LogP) is 3.93. The van der Waals surface area contributed by atoms with Crippen LogP contribution in [0.15, 0.2) is 46.7 Å². The average Bonchev–Trinajstić information content (AvgIpc) is 3.21. The third kappa shape index (κ3) is 3.31. The lowest BCUT2D eigenvalue weighted by atomic mass is 9.89. The number of piperidine rings is 1. The van der Waals surface area contributed by atoms with E-state index in [9.17, 15) is 9.59 Å². The van der Waals surface area contributed by atoms with Gasteiger partial charge in [-0.25, -0.2) is 4.98 Å². The molecule has 0 saturated carbocycles. The van der Waals surface area contributed by atoms with Gasteiger partial charge in [-0.1, -0.05) is 6.07 Å². The minimum atomic E-state index is -0.153. The Hall–Kier alpha value is -3.06. The van der Waals surface area contributed by atoms with Crippen molar-refractivity contribution in [1.82, 2.24) is 19.9 Å². The monoisotopic (exact) mass is 404 g/mol. The van der Waals surface area contributed by atoms with Crippen molar-refractivity contribution in [1.29, 1.82) is 0 Å². The zero-order valence-electron chi connectivity index (χ0n) is 16.0. The van der Waals surface area contributed by atoms with Crippen LogP contribution in [-0.4, -0.2) is 38.8 Å². The number of fused-ring (bicyclic) bond motifs is 2. The number of amides is 1. The van der Waals surface area contributed by atoms with Gasteiger partial charge in [0, 0.05) is 26.2 Å². The molecular formula is C22H20N4O2S. The fraction of sp³-hybridized carbons (Fsp3) is 0.273. The normalized spacial score (nSPS) is 15.3. The molecule has 0 atom stereocenters. The van der Waals surface area contributed by atoms with Gasteiger partial charge in [0.05, 0.1) is 15.6 Å². The topological polar surface area (TPSA) is 79.0 Å². The van der Waals surface area contributed by atoms with Crippen LogP contribution in [0.1, 0.15) is 31.2 Å². The molecule has 4 aromatic rings. The molecule has 146 valence electrons. The number of thiophene rings is 1. The van der Waals surface area contributed by atoms with E-state index in [0.717, 1.165) is 41.6 Å². The second-order valence-corrected chi connectivity index (χ2v) is 8.45. The number of H-pyrrole nitrogens is 1. The number of hydrogen-bond donors (Lipinski definition) is 1. The maximum absolute atomic E-state index is 12.8. The van der Waals surface area contributed by atoms with Crippen molar-refractivity contribution < 1.29 is 4.79 Å². The van der Waals surface area contributed by atoms with Crippen LogP contribution in [0.25, 0.3) is 32.5 Å². The molecule has 4 heterocycles. The number of aromatic amines is 1. The Kier molecular flexibility index (Phi) is 4.39. The fourth-order valence-electron chi connectivity index (χ4n) is 4.06. The van der Waals surface area contributed by atoms with Crippen molar-refractivity contribution in [3.05, 3.63) is 57.8 Å². The van der Waals surface area contributed by atoms with Crippen molar-refractivity contribution in [2.75, 3.05) is 13.1 Å². The first-order valence-corrected chi connectivity index (χ1v) is 10.6. The maximum atomic E-state index is 12.8. The molecular weight excluding hydrogens is 384 g/mol. The molecule has 1 aliphatic rings. The van der Waals surface area contributed by atoms with Gasteiger partial charge in [-0.05, 0) is 59.4 Å². The Morgan fingerprint density at radius 2 is 2.03 bits per heavy atom. The Morgan fingerprint density at radius 3 is 2.83 bits per heavy atom. The minimum Gasteiger partial charge on any atom is -0.343 e. The molecule has 1 N–H and O–H groups in total. The molecule has 1 aliphatic heterocycles. The summed E-state index contributed by atoms with van der Waals surface area (Å²) < 4.78 is 1.11. The van der Waals surface area contributed by atoms with Crippen LogP contribution in [-0.2, 0) is 4.79 Å². The van der Waals surface area contributed by atoms with E-state index in [1.807, 2.05) is 40.7 Å². The molecule has 1 fully saturated rings. The summed E-state index contributed by atoms with van der Waals surface area (Å²) in [6.07, 6.45) is 3.65. The first kappa shape index (κ1) is 18.0. The SMILES string of the molecule is CC(=O)N1CCC(c2ccc3nc(-c4cc5ccsc5cn4)[nH]c(=O)c3c2)CC1. The number of carbonyl (C=O) groups excluding carboxylic acids is 1. The van der Waals surface area contributed by atoms with E-state index in [1.54, 1.807) is 18.3 Å². The Labute approximate surface area is 171 Å². The summed E-state index contributed by atoms with van der Waals surface area (Å²) in [6.45, 7) is 3.15. The van der Waals surface area contributed by atoms with Crippen LogP contribution in [0.3, 0.4) is 0 Å². The van der Waals surface area contributed by atoms with Crippen molar-refractivity contribution >= 4 is 38.2 Å². The summed E-state index contributed by atoms with van der Waals surface area (Å²) in [7, 11) is 0. The van der Waals surface area contributed by atoms with Crippen LogP contribution in [0.2, 0.25) is 0 Å². The fourth-order valence-corrected chi connectivity index (χ4v) is 4.79.